The van der Waals surface area contributed by atoms with Gasteiger partial charge in [0.1, 0.15) is 10.0 Å². The lowest BCUT2D eigenvalue weighted by atomic mass is 10.2. The van der Waals surface area contributed by atoms with Gasteiger partial charge in [-0.25, -0.2) is 0 Å². The van der Waals surface area contributed by atoms with Gasteiger partial charge in [0.2, 0.25) is 0 Å². The molecule has 0 aromatic heterocycles. The van der Waals surface area contributed by atoms with Crippen LogP contribution in [0.5, 0.6) is 0 Å². The third-order valence-corrected chi connectivity index (χ3v) is 2.10. The fraction of sp³-hybridized carbons (Fsp3) is 0.143. The lowest BCUT2D eigenvalue weighted by Crippen LogP contribution is -2.05. The van der Waals surface area contributed by atoms with Crippen molar-refractivity contribution in [2.75, 3.05) is 0 Å². The summed E-state index contributed by atoms with van der Waals surface area (Å²) in [7, 11) is 0. The molecule has 15 heavy (non-hydrogen) atoms. The van der Waals surface area contributed by atoms with E-state index in [0.717, 1.165) is 0 Å². The third kappa shape index (κ3) is 2.51. The number of benzene rings is 1. The summed E-state index contributed by atoms with van der Waals surface area (Å²) < 4.78 is 36.6. The van der Waals surface area contributed by atoms with Gasteiger partial charge in [0.05, 0.1) is 10.5 Å². The number of hydrogen-bond donors (Lipinski definition) is 0. The Morgan fingerprint density at radius 3 is 1.87 bits per heavy atom. The molecule has 0 aliphatic rings. The minimum Gasteiger partial charge on any atom is -0.258 e. The van der Waals surface area contributed by atoms with Crippen molar-refractivity contribution < 1.29 is 18.1 Å². The topological polar surface area (TPSA) is 43.1 Å². The maximum Gasteiger partial charge on any atom is 0.416 e. The molecular weight excluding hydrogens is 258 g/mol. The first kappa shape index (κ1) is 12.1. The molecule has 0 heterocycles. The highest BCUT2D eigenvalue weighted by Crippen LogP contribution is 2.39. The van der Waals surface area contributed by atoms with Gasteiger partial charge in [-0.05, 0) is 12.1 Å². The van der Waals surface area contributed by atoms with E-state index in [1.807, 2.05) is 0 Å². The summed E-state index contributed by atoms with van der Waals surface area (Å²) >= 11 is 10.6. The lowest BCUT2D eigenvalue weighted by Gasteiger charge is -2.07. The predicted molar refractivity (Wildman–Crippen MR) is 48.1 cm³/mol. The summed E-state index contributed by atoms with van der Waals surface area (Å²) in [6.45, 7) is 0. The van der Waals surface area contributed by atoms with E-state index in [2.05, 4.69) is 0 Å². The zero-order valence-electron chi connectivity index (χ0n) is 6.81. The molecule has 3 nitrogen and oxygen atoms in total. The van der Waals surface area contributed by atoms with Crippen LogP contribution in [0.1, 0.15) is 5.56 Å². The van der Waals surface area contributed by atoms with E-state index in [0.29, 0.717) is 12.1 Å². The Morgan fingerprint density at radius 1 is 1.20 bits per heavy atom. The van der Waals surface area contributed by atoms with Gasteiger partial charge in [-0.3, -0.25) is 10.1 Å². The highest BCUT2D eigenvalue weighted by Gasteiger charge is 2.33. The summed E-state index contributed by atoms with van der Waals surface area (Å²) in [5.74, 6) is 0. The minimum absolute atomic E-state index is 0.464. The second-order valence-electron chi connectivity index (χ2n) is 2.54. The van der Waals surface area contributed by atoms with Gasteiger partial charge in [-0.2, -0.15) is 13.2 Å². The standard InChI is InChI=1S/C7H2Cl2F3NO2/c8-4-1-3(7(10,11)12)2-5(9)6(4)13(14)15/h1-2H. The number of nitro benzene ring substituents is 1. The van der Waals surface area contributed by atoms with E-state index < -0.39 is 32.4 Å². The number of halogens is 5. The Hall–Kier alpha value is -1.01. The molecule has 82 valence electrons. The van der Waals surface area contributed by atoms with Gasteiger partial charge in [0.25, 0.3) is 0 Å². The fourth-order valence-corrected chi connectivity index (χ4v) is 1.53. The van der Waals surface area contributed by atoms with Crippen LogP contribution in [0.25, 0.3) is 0 Å². The minimum atomic E-state index is -4.64. The average molecular weight is 260 g/mol. The fourth-order valence-electron chi connectivity index (χ4n) is 0.904. The molecule has 0 saturated heterocycles. The summed E-state index contributed by atoms with van der Waals surface area (Å²) in [6, 6.07) is 0.928. The molecular formula is C7H2Cl2F3NO2. The van der Waals surface area contributed by atoms with E-state index in [-0.39, 0.29) is 0 Å². The van der Waals surface area contributed by atoms with Gasteiger partial charge >= 0.3 is 11.9 Å². The maximum absolute atomic E-state index is 12.2. The second-order valence-corrected chi connectivity index (χ2v) is 3.36. The highest BCUT2D eigenvalue weighted by molar-refractivity contribution is 6.38. The normalized spacial score (nSPS) is 11.5. The van der Waals surface area contributed by atoms with E-state index in [4.69, 9.17) is 23.2 Å². The largest absolute Gasteiger partial charge is 0.416 e. The average Bonchev–Trinajstić information content (AvgIpc) is 1.99. The highest BCUT2D eigenvalue weighted by atomic mass is 35.5. The Balaban J connectivity index is 3.39. The third-order valence-electron chi connectivity index (χ3n) is 1.53. The Morgan fingerprint density at radius 2 is 1.60 bits per heavy atom. The van der Waals surface area contributed by atoms with Crippen molar-refractivity contribution in [2.45, 2.75) is 6.18 Å². The summed E-state index contributed by atoms with van der Waals surface area (Å²) in [5.41, 5.74) is -1.85. The molecule has 1 aromatic carbocycles. The van der Waals surface area contributed by atoms with Crippen LogP contribution in [0.4, 0.5) is 18.9 Å². The SMILES string of the molecule is O=[N+]([O-])c1c(Cl)cc(C(F)(F)F)cc1Cl. The van der Waals surface area contributed by atoms with Crippen molar-refractivity contribution in [1.29, 1.82) is 0 Å². The van der Waals surface area contributed by atoms with Crippen molar-refractivity contribution in [3.8, 4) is 0 Å². The summed E-state index contributed by atoms with van der Waals surface area (Å²) in [5, 5.41) is 9.08. The molecule has 0 atom stereocenters. The predicted octanol–water partition coefficient (Wildman–Crippen LogP) is 3.92. The smallest absolute Gasteiger partial charge is 0.258 e. The van der Waals surface area contributed by atoms with E-state index >= 15 is 0 Å². The van der Waals surface area contributed by atoms with E-state index in [1.54, 1.807) is 0 Å². The van der Waals surface area contributed by atoms with Crippen molar-refractivity contribution in [3.05, 3.63) is 37.9 Å². The molecule has 8 heteroatoms. The van der Waals surface area contributed by atoms with Crippen molar-refractivity contribution in [1.82, 2.24) is 0 Å². The molecule has 0 aliphatic carbocycles. The van der Waals surface area contributed by atoms with Crippen molar-refractivity contribution >= 4 is 28.9 Å². The molecule has 1 aromatic rings. The van der Waals surface area contributed by atoms with Gasteiger partial charge in [-0.15, -0.1) is 0 Å². The maximum atomic E-state index is 12.2. The lowest BCUT2D eigenvalue weighted by molar-refractivity contribution is -0.384. The summed E-state index contributed by atoms with van der Waals surface area (Å²) in [6.07, 6.45) is -4.64. The van der Waals surface area contributed by atoms with Gasteiger partial charge in [-0.1, -0.05) is 23.2 Å². The summed E-state index contributed by atoms with van der Waals surface area (Å²) in [4.78, 5) is 9.42. The molecule has 0 N–H and O–H groups in total. The number of nitrogens with zero attached hydrogens (tertiary/aromatic N) is 1. The molecule has 0 aliphatic heterocycles. The molecule has 0 fully saturated rings. The molecule has 0 amide bonds. The molecule has 0 saturated carbocycles. The number of alkyl halides is 3. The van der Waals surface area contributed by atoms with Gasteiger partial charge < -0.3 is 0 Å². The van der Waals surface area contributed by atoms with Crippen LogP contribution in [0, 0.1) is 10.1 Å². The number of rotatable bonds is 1. The van der Waals surface area contributed by atoms with Crippen LogP contribution in [-0.2, 0) is 6.18 Å². The molecule has 0 radical (unpaired) electrons. The van der Waals surface area contributed by atoms with Crippen LogP contribution in [-0.4, -0.2) is 4.92 Å². The van der Waals surface area contributed by atoms with Crippen LogP contribution >= 0.6 is 23.2 Å². The Bertz CT molecular complexity index is 396. The number of hydrogen-bond acceptors (Lipinski definition) is 2. The zero-order chi connectivity index (χ0) is 11.8. The molecule has 0 bridgehead atoms. The van der Waals surface area contributed by atoms with Crippen LogP contribution < -0.4 is 0 Å². The van der Waals surface area contributed by atoms with E-state index in [9.17, 15) is 23.3 Å². The zero-order valence-corrected chi connectivity index (χ0v) is 8.32. The van der Waals surface area contributed by atoms with Gasteiger partial charge in [0.15, 0.2) is 0 Å². The van der Waals surface area contributed by atoms with E-state index in [1.165, 1.54) is 0 Å². The Kier molecular flexibility index (Phi) is 3.11. The first-order valence-corrected chi connectivity index (χ1v) is 4.19. The molecule has 0 spiro atoms. The first-order chi connectivity index (χ1) is 6.73. The first-order valence-electron chi connectivity index (χ1n) is 3.44. The molecule has 1 rings (SSSR count). The van der Waals surface area contributed by atoms with Crippen LogP contribution in [0.2, 0.25) is 10.0 Å². The monoisotopic (exact) mass is 259 g/mol. The Labute approximate surface area is 91.6 Å². The van der Waals surface area contributed by atoms with Crippen LogP contribution in [0.15, 0.2) is 12.1 Å². The quantitative estimate of drug-likeness (QED) is 0.567. The second kappa shape index (κ2) is 3.86. The van der Waals surface area contributed by atoms with Crippen molar-refractivity contribution in [3.63, 3.8) is 0 Å². The van der Waals surface area contributed by atoms with Crippen LogP contribution in [0.3, 0.4) is 0 Å². The van der Waals surface area contributed by atoms with Crippen molar-refractivity contribution in [2.24, 2.45) is 0 Å². The number of nitro groups is 1. The molecule has 0 unspecified atom stereocenters. The van der Waals surface area contributed by atoms with Gasteiger partial charge in [0, 0.05) is 0 Å².